The van der Waals surface area contributed by atoms with Gasteiger partial charge in [-0.15, -0.1) is 0 Å². The van der Waals surface area contributed by atoms with Crippen LogP contribution in [-0.4, -0.2) is 21.0 Å². The maximum atomic E-state index is 11.1. The van der Waals surface area contributed by atoms with E-state index in [9.17, 15) is 4.79 Å². The molecule has 0 aliphatic carbocycles. The number of hydrogen-bond acceptors (Lipinski definition) is 3. The van der Waals surface area contributed by atoms with Crippen LogP contribution in [0, 0.1) is 0 Å². The molecule has 24 heavy (non-hydrogen) atoms. The second-order valence-electron chi connectivity index (χ2n) is 6.16. The molecule has 0 spiro atoms. The summed E-state index contributed by atoms with van der Waals surface area (Å²) in [5.41, 5.74) is 2.81. The Balaban J connectivity index is 1.89. The van der Waals surface area contributed by atoms with Crippen LogP contribution >= 0.6 is 0 Å². The van der Waals surface area contributed by atoms with Crippen LogP contribution in [0.15, 0.2) is 36.7 Å². The summed E-state index contributed by atoms with van der Waals surface area (Å²) in [6, 6.07) is 7.11. The highest BCUT2D eigenvalue weighted by molar-refractivity contribution is 5.88. The van der Waals surface area contributed by atoms with Crippen LogP contribution in [0.5, 0.6) is 0 Å². The molecule has 0 aliphatic heterocycles. The predicted octanol–water partition coefficient (Wildman–Crippen LogP) is 5.13. The Morgan fingerprint density at radius 1 is 0.917 bits per heavy atom. The van der Waals surface area contributed by atoms with E-state index in [0.717, 1.165) is 12.1 Å². The minimum Gasteiger partial charge on any atom is -0.478 e. The molecular weight excluding hydrogens is 300 g/mol. The van der Waals surface area contributed by atoms with Gasteiger partial charge in [-0.2, -0.15) is 0 Å². The third-order valence-electron chi connectivity index (χ3n) is 4.16. The summed E-state index contributed by atoms with van der Waals surface area (Å²) in [6.07, 6.45) is 13.4. The molecule has 0 aromatic carbocycles. The Morgan fingerprint density at radius 3 is 2.25 bits per heavy atom. The first-order valence-electron chi connectivity index (χ1n) is 8.85. The molecule has 0 saturated heterocycles. The van der Waals surface area contributed by atoms with Gasteiger partial charge < -0.3 is 5.11 Å². The number of rotatable bonds is 10. The Labute approximate surface area is 144 Å². The molecule has 2 heterocycles. The van der Waals surface area contributed by atoms with Crippen molar-refractivity contribution < 1.29 is 9.90 Å². The number of carbonyl (C=O) groups is 1. The highest BCUT2D eigenvalue weighted by Crippen LogP contribution is 2.18. The lowest BCUT2D eigenvalue weighted by molar-refractivity contribution is 0.0697. The van der Waals surface area contributed by atoms with Gasteiger partial charge in [-0.1, -0.05) is 45.4 Å². The lowest BCUT2D eigenvalue weighted by Gasteiger charge is -2.05. The molecule has 0 aliphatic rings. The molecule has 0 atom stereocenters. The molecule has 2 aromatic heterocycles. The van der Waals surface area contributed by atoms with Crippen LogP contribution in [0.1, 0.15) is 67.8 Å². The summed E-state index contributed by atoms with van der Waals surface area (Å²) in [5.74, 6) is -0.946. The maximum absolute atomic E-state index is 11.1. The fourth-order valence-electron chi connectivity index (χ4n) is 2.76. The van der Waals surface area contributed by atoms with Crippen LogP contribution in [0.4, 0.5) is 0 Å². The Bertz CT molecular complexity index is 656. The number of hydrogen-bond donors (Lipinski definition) is 1. The van der Waals surface area contributed by atoms with Gasteiger partial charge in [0.05, 0.1) is 17.0 Å². The SMILES string of the molecule is CCCCCCCCCc1ccnc(-c2cc(C(=O)O)ccn2)c1. The molecule has 4 nitrogen and oxygen atoms in total. The van der Waals surface area contributed by atoms with Gasteiger partial charge >= 0.3 is 5.97 Å². The Morgan fingerprint density at radius 2 is 1.54 bits per heavy atom. The minimum atomic E-state index is -0.946. The summed E-state index contributed by atoms with van der Waals surface area (Å²) in [4.78, 5) is 19.7. The summed E-state index contributed by atoms with van der Waals surface area (Å²) in [7, 11) is 0. The van der Waals surface area contributed by atoms with E-state index in [-0.39, 0.29) is 5.56 Å². The molecule has 0 fully saturated rings. The quantitative estimate of drug-likeness (QED) is 0.614. The van der Waals surface area contributed by atoms with Gasteiger partial charge in [-0.05, 0) is 42.7 Å². The van der Waals surface area contributed by atoms with Crippen molar-refractivity contribution in [2.75, 3.05) is 0 Å². The van der Waals surface area contributed by atoms with Gasteiger partial charge in [0, 0.05) is 12.4 Å². The molecular formula is C20H26N2O2. The number of pyridine rings is 2. The first-order chi connectivity index (χ1) is 11.7. The van der Waals surface area contributed by atoms with E-state index in [1.165, 1.54) is 62.8 Å². The molecule has 2 aromatic rings. The van der Waals surface area contributed by atoms with E-state index in [2.05, 4.69) is 16.9 Å². The molecule has 0 amide bonds. The van der Waals surface area contributed by atoms with Gasteiger partial charge in [0.1, 0.15) is 0 Å². The van der Waals surface area contributed by atoms with Gasteiger partial charge in [0.2, 0.25) is 0 Å². The number of aryl methyl sites for hydroxylation is 1. The third kappa shape index (κ3) is 5.76. The molecule has 0 radical (unpaired) electrons. The molecule has 128 valence electrons. The topological polar surface area (TPSA) is 63.1 Å². The lowest BCUT2D eigenvalue weighted by atomic mass is 10.0. The number of aromatic nitrogens is 2. The van der Waals surface area contributed by atoms with Gasteiger partial charge in [-0.3, -0.25) is 9.97 Å². The summed E-state index contributed by atoms with van der Waals surface area (Å²) in [6.45, 7) is 2.24. The molecule has 4 heteroatoms. The Hall–Kier alpha value is -2.23. The van der Waals surface area contributed by atoms with Crippen molar-refractivity contribution in [3.05, 3.63) is 47.8 Å². The van der Waals surface area contributed by atoms with E-state index in [1.807, 2.05) is 12.1 Å². The largest absolute Gasteiger partial charge is 0.478 e. The van der Waals surface area contributed by atoms with E-state index >= 15 is 0 Å². The van der Waals surface area contributed by atoms with Gasteiger partial charge in [-0.25, -0.2) is 4.79 Å². The summed E-state index contributed by atoms with van der Waals surface area (Å²) in [5, 5.41) is 9.08. The van der Waals surface area contributed by atoms with E-state index in [1.54, 1.807) is 12.3 Å². The number of carboxylic acid groups (broad SMARTS) is 1. The van der Waals surface area contributed by atoms with Crippen molar-refractivity contribution in [2.24, 2.45) is 0 Å². The standard InChI is InChI=1S/C20H26N2O2/c1-2-3-4-5-6-7-8-9-16-10-12-21-18(14-16)19-15-17(20(23)24)11-13-22-19/h10-15H,2-9H2,1H3,(H,23,24). The normalized spacial score (nSPS) is 10.7. The number of carboxylic acids is 1. The minimum absolute atomic E-state index is 0.235. The van der Waals surface area contributed by atoms with Crippen molar-refractivity contribution in [3.63, 3.8) is 0 Å². The van der Waals surface area contributed by atoms with E-state index in [4.69, 9.17) is 5.11 Å². The van der Waals surface area contributed by atoms with Crippen LogP contribution < -0.4 is 0 Å². The molecule has 0 saturated carbocycles. The van der Waals surface area contributed by atoms with Crippen LogP contribution in [-0.2, 0) is 6.42 Å². The number of aromatic carboxylic acids is 1. The van der Waals surface area contributed by atoms with Crippen LogP contribution in [0.2, 0.25) is 0 Å². The average molecular weight is 326 g/mol. The molecule has 1 N–H and O–H groups in total. The molecule has 2 rings (SSSR count). The maximum Gasteiger partial charge on any atom is 0.335 e. The third-order valence-corrected chi connectivity index (χ3v) is 4.16. The number of unbranched alkanes of at least 4 members (excludes halogenated alkanes) is 6. The summed E-state index contributed by atoms with van der Waals surface area (Å²) < 4.78 is 0. The zero-order chi connectivity index (χ0) is 17.2. The zero-order valence-corrected chi connectivity index (χ0v) is 14.4. The van der Waals surface area contributed by atoms with Crippen LogP contribution in [0.25, 0.3) is 11.4 Å². The van der Waals surface area contributed by atoms with Crippen molar-refractivity contribution in [1.82, 2.24) is 9.97 Å². The van der Waals surface area contributed by atoms with E-state index in [0.29, 0.717) is 5.69 Å². The first kappa shape index (κ1) is 18.1. The lowest BCUT2D eigenvalue weighted by Crippen LogP contribution is -1.98. The predicted molar refractivity (Wildman–Crippen MR) is 96.1 cm³/mol. The van der Waals surface area contributed by atoms with Crippen molar-refractivity contribution in [3.8, 4) is 11.4 Å². The highest BCUT2D eigenvalue weighted by Gasteiger charge is 2.07. The monoisotopic (exact) mass is 326 g/mol. The van der Waals surface area contributed by atoms with Gasteiger partial charge in [0.15, 0.2) is 0 Å². The molecule has 0 bridgehead atoms. The fourth-order valence-corrected chi connectivity index (χ4v) is 2.76. The van der Waals surface area contributed by atoms with E-state index < -0.39 is 5.97 Å². The summed E-state index contributed by atoms with van der Waals surface area (Å²) >= 11 is 0. The fraction of sp³-hybridized carbons (Fsp3) is 0.450. The van der Waals surface area contributed by atoms with Gasteiger partial charge in [0.25, 0.3) is 0 Å². The molecule has 0 unspecified atom stereocenters. The number of nitrogens with zero attached hydrogens (tertiary/aromatic N) is 2. The second-order valence-corrected chi connectivity index (χ2v) is 6.16. The Kier molecular flexibility index (Phi) is 7.40. The van der Waals surface area contributed by atoms with Crippen LogP contribution in [0.3, 0.4) is 0 Å². The van der Waals surface area contributed by atoms with Crippen molar-refractivity contribution in [1.29, 1.82) is 0 Å². The smallest absolute Gasteiger partial charge is 0.335 e. The van der Waals surface area contributed by atoms with Crippen molar-refractivity contribution in [2.45, 2.75) is 58.3 Å². The zero-order valence-electron chi connectivity index (χ0n) is 14.4. The highest BCUT2D eigenvalue weighted by atomic mass is 16.4. The second kappa shape index (κ2) is 9.81. The first-order valence-corrected chi connectivity index (χ1v) is 8.85. The average Bonchev–Trinajstić information content (AvgIpc) is 2.61. The van der Waals surface area contributed by atoms with Crippen molar-refractivity contribution >= 4 is 5.97 Å².